The van der Waals surface area contributed by atoms with Crippen LogP contribution in [-0.4, -0.2) is 26.2 Å². The molecule has 3 aromatic rings. The van der Waals surface area contributed by atoms with Crippen LogP contribution in [-0.2, 0) is 0 Å². The van der Waals surface area contributed by atoms with Crippen LogP contribution in [0.2, 0.25) is 0 Å². The van der Waals surface area contributed by atoms with Gasteiger partial charge in [-0.3, -0.25) is 4.79 Å². The first-order chi connectivity index (χ1) is 12.1. The van der Waals surface area contributed by atoms with Crippen molar-refractivity contribution < 1.29 is 4.79 Å². The van der Waals surface area contributed by atoms with Gasteiger partial charge in [0.1, 0.15) is 0 Å². The topological polar surface area (TPSA) is 44.7 Å². The molecule has 0 atom stereocenters. The summed E-state index contributed by atoms with van der Waals surface area (Å²) in [5.41, 5.74) is 6.28. The van der Waals surface area contributed by atoms with Crippen molar-refractivity contribution in [1.29, 1.82) is 0 Å². The first-order valence-electron chi connectivity index (χ1n) is 8.15. The molecule has 4 heteroatoms. The van der Waals surface area contributed by atoms with Gasteiger partial charge in [0, 0.05) is 19.8 Å². The first-order valence-corrected chi connectivity index (χ1v) is 8.15. The summed E-state index contributed by atoms with van der Waals surface area (Å²) >= 11 is 0. The van der Waals surface area contributed by atoms with Crippen LogP contribution in [0.4, 0.5) is 5.69 Å². The molecule has 3 rings (SSSR count). The minimum absolute atomic E-state index is 0.199. The Bertz CT molecular complexity index is 928. The number of carbonyl (C=O) groups excluding carboxylic acids is 1. The highest BCUT2D eigenvalue weighted by Gasteiger charge is 2.12. The van der Waals surface area contributed by atoms with Gasteiger partial charge >= 0.3 is 0 Å². The Balaban J connectivity index is 1.78. The summed E-state index contributed by atoms with van der Waals surface area (Å²) in [6.45, 7) is 1.94. The second-order valence-corrected chi connectivity index (χ2v) is 6.16. The highest BCUT2D eigenvalue weighted by atomic mass is 16.2. The molecule has 1 N–H and O–H groups in total. The van der Waals surface area contributed by atoms with Crippen molar-refractivity contribution in [3.63, 3.8) is 0 Å². The zero-order valence-electron chi connectivity index (χ0n) is 14.7. The highest BCUT2D eigenvalue weighted by molar-refractivity contribution is 6.08. The lowest BCUT2D eigenvalue weighted by Crippen LogP contribution is -2.19. The van der Waals surface area contributed by atoms with Crippen molar-refractivity contribution >= 4 is 28.6 Å². The number of anilines is 1. The highest BCUT2D eigenvalue weighted by Crippen LogP contribution is 2.22. The Hall–Kier alpha value is -3.14. The molecule has 0 saturated heterocycles. The fourth-order valence-corrected chi connectivity index (χ4v) is 2.76. The molecule has 0 spiro atoms. The third kappa shape index (κ3) is 3.69. The minimum atomic E-state index is -0.199. The number of hydrogen-bond donors (Lipinski definition) is 1. The van der Waals surface area contributed by atoms with Crippen LogP contribution in [0.25, 0.3) is 10.8 Å². The average molecular weight is 331 g/mol. The van der Waals surface area contributed by atoms with Gasteiger partial charge in [0.05, 0.1) is 11.8 Å². The lowest BCUT2D eigenvalue weighted by atomic mass is 9.99. The van der Waals surface area contributed by atoms with E-state index in [1.807, 2.05) is 86.6 Å². The molecule has 0 aromatic heterocycles. The molecule has 0 fully saturated rings. The van der Waals surface area contributed by atoms with Crippen LogP contribution in [0.1, 0.15) is 21.5 Å². The summed E-state index contributed by atoms with van der Waals surface area (Å²) in [6.07, 6.45) is 1.65. The SMILES string of the molecule is Cc1ccc2ccccc2c1C(=O)N/N=C\c1ccc(N(C)C)cc1. The maximum absolute atomic E-state index is 12.6. The molecule has 0 radical (unpaired) electrons. The van der Waals surface area contributed by atoms with Crippen molar-refractivity contribution in [2.75, 3.05) is 19.0 Å². The zero-order chi connectivity index (χ0) is 17.8. The third-order valence-electron chi connectivity index (χ3n) is 4.15. The van der Waals surface area contributed by atoms with Crippen molar-refractivity contribution in [3.05, 3.63) is 77.4 Å². The predicted molar refractivity (Wildman–Crippen MR) is 105 cm³/mol. The van der Waals surface area contributed by atoms with Crippen LogP contribution >= 0.6 is 0 Å². The van der Waals surface area contributed by atoms with Gasteiger partial charge in [-0.1, -0.05) is 48.5 Å². The molecule has 0 aliphatic rings. The van der Waals surface area contributed by atoms with E-state index < -0.39 is 0 Å². The predicted octanol–water partition coefficient (Wildman–Crippen LogP) is 3.98. The number of carbonyl (C=O) groups is 1. The molecule has 0 aliphatic heterocycles. The summed E-state index contributed by atoms with van der Waals surface area (Å²) < 4.78 is 0. The van der Waals surface area contributed by atoms with Crippen LogP contribution in [0.15, 0.2) is 65.8 Å². The molecule has 4 nitrogen and oxygen atoms in total. The Labute approximate surface area is 147 Å². The molecule has 0 heterocycles. The lowest BCUT2D eigenvalue weighted by molar-refractivity contribution is 0.0956. The van der Waals surface area contributed by atoms with E-state index in [4.69, 9.17) is 0 Å². The van der Waals surface area contributed by atoms with E-state index in [0.717, 1.165) is 27.6 Å². The normalized spacial score (nSPS) is 11.0. The number of nitrogens with zero attached hydrogens (tertiary/aromatic N) is 2. The van der Waals surface area contributed by atoms with Gasteiger partial charge in [-0.05, 0) is 41.0 Å². The monoisotopic (exact) mass is 331 g/mol. The van der Waals surface area contributed by atoms with Crippen LogP contribution in [0.5, 0.6) is 0 Å². The first kappa shape index (κ1) is 16.7. The van der Waals surface area contributed by atoms with Gasteiger partial charge < -0.3 is 4.90 Å². The second kappa shape index (κ2) is 7.18. The summed E-state index contributed by atoms with van der Waals surface area (Å²) in [5.74, 6) is -0.199. The van der Waals surface area contributed by atoms with Gasteiger partial charge in [0.2, 0.25) is 0 Å². The summed E-state index contributed by atoms with van der Waals surface area (Å²) in [6, 6.07) is 19.8. The number of nitrogens with one attached hydrogen (secondary N) is 1. The van der Waals surface area contributed by atoms with Gasteiger partial charge in [0.25, 0.3) is 5.91 Å². The van der Waals surface area contributed by atoms with E-state index in [9.17, 15) is 4.79 Å². The van der Waals surface area contributed by atoms with Crippen molar-refractivity contribution in [3.8, 4) is 0 Å². The largest absolute Gasteiger partial charge is 0.378 e. The van der Waals surface area contributed by atoms with E-state index in [1.165, 1.54) is 0 Å². The Morgan fingerprint density at radius 1 is 1.00 bits per heavy atom. The van der Waals surface area contributed by atoms with Gasteiger partial charge in [-0.2, -0.15) is 5.10 Å². The molecule has 1 amide bonds. The fraction of sp³-hybridized carbons (Fsp3) is 0.143. The number of aryl methyl sites for hydroxylation is 1. The molecule has 3 aromatic carbocycles. The van der Waals surface area contributed by atoms with Crippen LogP contribution in [0, 0.1) is 6.92 Å². The molecule has 0 saturated carbocycles. The van der Waals surface area contributed by atoms with Gasteiger partial charge in [-0.15, -0.1) is 0 Å². The van der Waals surface area contributed by atoms with E-state index in [1.54, 1.807) is 6.21 Å². The Morgan fingerprint density at radius 3 is 2.44 bits per heavy atom. The van der Waals surface area contributed by atoms with E-state index in [2.05, 4.69) is 10.5 Å². The Morgan fingerprint density at radius 2 is 1.72 bits per heavy atom. The van der Waals surface area contributed by atoms with Crippen molar-refractivity contribution in [2.24, 2.45) is 5.10 Å². The lowest BCUT2D eigenvalue weighted by Gasteiger charge is -2.11. The van der Waals surface area contributed by atoms with Gasteiger partial charge in [0.15, 0.2) is 0 Å². The molecule has 0 bridgehead atoms. The summed E-state index contributed by atoms with van der Waals surface area (Å²) in [7, 11) is 3.99. The quantitative estimate of drug-likeness (QED) is 0.580. The van der Waals surface area contributed by atoms with Crippen LogP contribution < -0.4 is 10.3 Å². The van der Waals surface area contributed by atoms with Crippen LogP contribution in [0.3, 0.4) is 0 Å². The molecular formula is C21H21N3O. The average Bonchev–Trinajstić information content (AvgIpc) is 2.62. The Kier molecular flexibility index (Phi) is 4.80. The third-order valence-corrected chi connectivity index (χ3v) is 4.15. The number of rotatable bonds is 4. The van der Waals surface area contributed by atoms with Gasteiger partial charge in [-0.25, -0.2) is 5.43 Å². The second-order valence-electron chi connectivity index (χ2n) is 6.16. The number of amides is 1. The summed E-state index contributed by atoms with van der Waals surface area (Å²) in [5, 5.41) is 6.08. The van der Waals surface area contributed by atoms with E-state index in [0.29, 0.717) is 5.56 Å². The standard InChI is InChI=1S/C21H21N3O/c1-15-8-11-17-6-4-5-7-19(17)20(15)21(25)23-22-14-16-9-12-18(13-10-16)24(2)3/h4-14H,1-3H3,(H,23,25)/b22-14-. The maximum atomic E-state index is 12.6. The summed E-state index contributed by atoms with van der Waals surface area (Å²) in [4.78, 5) is 14.6. The van der Waals surface area contributed by atoms with E-state index in [-0.39, 0.29) is 5.91 Å². The number of hydrazone groups is 1. The zero-order valence-corrected chi connectivity index (χ0v) is 14.7. The van der Waals surface area contributed by atoms with E-state index >= 15 is 0 Å². The molecule has 0 unspecified atom stereocenters. The maximum Gasteiger partial charge on any atom is 0.272 e. The number of hydrogen-bond acceptors (Lipinski definition) is 3. The molecule has 25 heavy (non-hydrogen) atoms. The number of benzene rings is 3. The minimum Gasteiger partial charge on any atom is -0.378 e. The number of fused-ring (bicyclic) bond motifs is 1. The molecule has 126 valence electrons. The van der Waals surface area contributed by atoms with Crippen molar-refractivity contribution in [2.45, 2.75) is 6.92 Å². The van der Waals surface area contributed by atoms with Crippen molar-refractivity contribution in [1.82, 2.24) is 5.43 Å². The fourth-order valence-electron chi connectivity index (χ4n) is 2.76. The molecule has 0 aliphatic carbocycles. The smallest absolute Gasteiger partial charge is 0.272 e. The molecular weight excluding hydrogens is 310 g/mol.